The summed E-state index contributed by atoms with van der Waals surface area (Å²) in [4.78, 5) is 51.0. The maximum absolute atomic E-state index is 13.0. The first-order valence-corrected chi connectivity index (χ1v) is 12.3. The van der Waals surface area contributed by atoms with Crippen LogP contribution in [-0.4, -0.2) is 62.6 Å². The van der Waals surface area contributed by atoms with Gasteiger partial charge < -0.3 is 25.8 Å². The number of oxime groups is 1. The highest BCUT2D eigenvalue weighted by atomic mass is 32.2. The summed E-state index contributed by atoms with van der Waals surface area (Å²) in [5, 5.41) is 20.6. The summed E-state index contributed by atoms with van der Waals surface area (Å²) >= 11 is 2.49. The number of carboxylic acid groups (broad SMARTS) is 1. The second-order valence-electron chi connectivity index (χ2n) is 7.71. The van der Waals surface area contributed by atoms with E-state index in [0.29, 0.717) is 11.3 Å². The van der Waals surface area contributed by atoms with Gasteiger partial charge in [-0.3, -0.25) is 14.5 Å². The molecule has 0 radical (unpaired) electrons. The molecule has 0 saturated carbocycles. The number of aliphatic carboxylic acids is 1. The fourth-order valence-corrected chi connectivity index (χ4v) is 6.00. The molecule has 180 valence electrons. The van der Waals surface area contributed by atoms with Crippen molar-refractivity contribution in [3.63, 3.8) is 0 Å². The van der Waals surface area contributed by atoms with Crippen LogP contribution >= 0.6 is 23.1 Å². The molecule has 2 atom stereocenters. The molecule has 0 aliphatic carbocycles. The van der Waals surface area contributed by atoms with Crippen molar-refractivity contribution < 1.29 is 28.9 Å². The first-order valence-electron chi connectivity index (χ1n) is 10.4. The number of H-pyrrole nitrogens is 1. The van der Waals surface area contributed by atoms with E-state index in [2.05, 4.69) is 20.4 Å². The number of amides is 2. The summed E-state index contributed by atoms with van der Waals surface area (Å²) in [6, 6.07) is 4.78. The Kier molecular flexibility index (Phi) is 5.90. The van der Waals surface area contributed by atoms with Crippen LogP contribution in [0.1, 0.15) is 5.69 Å². The zero-order chi connectivity index (χ0) is 24.7. The number of thioether (sulfide) groups is 1. The van der Waals surface area contributed by atoms with E-state index >= 15 is 0 Å². The molecular formula is C21H19N7O5S2. The number of nitrogen functional groups attached to an aromatic ring is 1. The minimum Gasteiger partial charge on any atom is -0.543 e. The van der Waals surface area contributed by atoms with E-state index in [1.54, 1.807) is 11.6 Å². The smallest absolute Gasteiger partial charge is 0.286 e. The molecule has 0 aromatic carbocycles. The van der Waals surface area contributed by atoms with Crippen molar-refractivity contribution in [3.05, 3.63) is 52.9 Å². The highest BCUT2D eigenvalue weighted by Crippen LogP contribution is 2.40. The Morgan fingerprint density at radius 3 is 3.00 bits per heavy atom. The van der Waals surface area contributed by atoms with Crippen LogP contribution in [0.25, 0.3) is 11.0 Å². The molecule has 14 heteroatoms. The van der Waals surface area contributed by atoms with Crippen LogP contribution in [0.5, 0.6) is 0 Å². The molecule has 4 N–H and O–H groups in total. The standard InChI is InChI=1S/C21H19N7O5S2/c1-33-26-13(12-9-35-21(22)24-12)17(29)25-14-18(30)28-15(20(31)32)11(8-34-19(14)28)7-27-6-2-3-10-4-5-23-16(10)27/h2-6,9,14,19H,7-8H2,1H3,(H4,22,24,25,29,31,32)/b26-13-/t14-,19-/m1/s1. The van der Waals surface area contributed by atoms with Gasteiger partial charge in [0.1, 0.15) is 30.8 Å². The highest BCUT2D eigenvalue weighted by Gasteiger charge is 2.53. The van der Waals surface area contributed by atoms with Gasteiger partial charge in [0.2, 0.25) is 0 Å². The van der Waals surface area contributed by atoms with Crippen LogP contribution in [0, 0.1) is 0 Å². The number of carboxylic acids is 1. The number of rotatable bonds is 7. The molecule has 35 heavy (non-hydrogen) atoms. The van der Waals surface area contributed by atoms with Crippen LogP contribution in [-0.2, 0) is 25.8 Å². The molecule has 0 bridgehead atoms. The summed E-state index contributed by atoms with van der Waals surface area (Å²) < 4.78 is 1.88. The molecule has 0 spiro atoms. The van der Waals surface area contributed by atoms with Crippen LogP contribution in [0.3, 0.4) is 0 Å². The molecule has 2 aliphatic rings. The number of carbonyl (C=O) groups is 3. The average molecular weight is 514 g/mol. The number of β-lactam (4-membered cyclic amide) rings is 1. The van der Waals surface area contributed by atoms with Crippen LogP contribution < -0.4 is 20.7 Å². The number of aromatic nitrogens is 3. The molecule has 1 fully saturated rings. The number of nitrogens with zero attached hydrogens (tertiary/aromatic N) is 4. The lowest BCUT2D eigenvalue weighted by molar-refractivity contribution is -0.664. The van der Waals surface area contributed by atoms with E-state index in [1.807, 2.05) is 29.0 Å². The van der Waals surface area contributed by atoms with E-state index < -0.39 is 29.2 Å². The van der Waals surface area contributed by atoms with Crippen LogP contribution in [0.15, 0.2) is 52.4 Å². The average Bonchev–Trinajstić information content (AvgIpc) is 3.49. The molecule has 5 rings (SSSR count). The third kappa shape index (κ3) is 4.00. The number of pyridine rings is 1. The fraction of sp³-hybridized carbons (Fsp3) is 0.238. The molecule has 5 heterocycles. The first kappa shape index (κ1) is 22.9. The number of carbonyl (C=O) groups excluding carboxylic acids is 3. The second-order valence-corrected chi connectivity index (χ2v) is 9.71. The molecule has 3 aromatic rings. The maximum Gasteiger partial charge on any atom is 0.286 e. The zero-order valence-electron chi connectivity index (χ0n) is 18.3. The topological polar surface area (TPSA) is 170 Å². The monoisotopic (exact) mass is 513 g/mol. The summed E-state index contributed by atoms with van der Waals surface area (Å²) in [5.41, 5.74) is 6.91. The third-order valence-corrected chi connectivity index (χ3v) is 7.65. The van der Waals surface area contributed by atoms with Crippen molar-refractivity contribution in [1.29, 1.82) is 0 Å². The van der Waals surface area contributed by atoms with Gasteiger partial charge in [0.15, 0.2) is 10.8 Å². The van der Waals surface area contributed by atoms with E-state index in [-0.39, 0.29) is 28.8 Å². The zero-order valence-corrected chi connectivity index (χ0v) is 19.9. The molecule has 3 aromatic heterocycles. The van der Waals surface area contributed by atoms with Crippen molar-refractivity contribution in [3.8, 4) is 0 Å². The maximum atomic E-state index is 13.0. The number of hydrogen-bond donors (Lipinski definition) is 3. The summed E-state index contributed by atoms with van der Waals surface area (Å²) in [6.07, 6.45) is 3.63. The number of nitrogens with two attached hydrogens (primary N) is 1. The first-order chi connectivity index (χ1) is 16.9. The SMILES string of the molecule is CO/N=C(\C(=O)N[C@@H]1C(=O)N2C(C(=O)[O-])=C(C[n+]3cccc4cc[nH]c43)CS[C@H]12)c1csc(N)n1. The van der Waals surface area contributed by atoms with E-state index in [4.69, 9.17) is 10.6 Å². The number of anilines is 1. The second kappa shape index (κ2) is 9.03. The molecular weight excluding hydrogens is 494 g/mol. The number of nitrogens with one attached hydrogen (secondary N) is 2. The van der Waals surface area contributed by atoms with E-state index in [9.17, 15) is 19.5 Å². The van der Waals surface area contributed by atoms with Crippen LogP contribution in [0.2, 0.25) is 0 Å². The molecule has 2 amide bonds. The van der Waals surface area contributed by atoms with Crippen LogP contribution in [0.4, 0.5) is 5.13 Å². The Morgan fingerprint density at radius 2 is 2.29 bits per heavy atom. The van der Waals surface area contributed by atoms with Crippen molar-refractivity contribution in [2.75, 3.05) is 18.6 Å². The minimum absolute atomic E-state index is 0.140. The van der Waals surface area contributed by atoms with Gasteiger partial charge in [-0.1, -0.05) is 5.16 Å². The third-order valence-electron chi connectivity index (χ3n) is 5.64. The van der Waals surface area contributed by atoms with E-state index in [0.717, 1.165) is 22.4 Å². The Balaban J connectivity index is 1.38. The number of fused-ring (bicyclic) bond motifs is 2. The van der Waals surface area contributed by atoms with Gasteiger partial charge >= 0.3 is 0 Å². The van der Waals surface area contributed by atoms with Gasteiger partial charge in [0, 0.05) is 16.7 Å². The predicted molar refractivity (Wildman–Crippen MR) is 126 cm³/mol. The lowest BCUT2D eigenvalue weighted by Crippen LogP contribution is -2.71. The quantitative estimate of drug-likeness (QED) is 0.156. The predicted octanol–water partition coefficient (Wildman–Crippen LogP) is -1.05. The largest absolute Gasteiger partial charge is 0.543 e. The van der Waals surface area contributed by atoms with Crippen molar-refractivity contribution >= 4 is 62.8 Å². The minimum atomic E-state index is -1.44. The number of thiazole rings is 1. The van der Waals surface area contributed by atoms with Crippen molar-refractivity contribution in [2.24, 2.45) is 5.16 Å². The fourth-order valence-electron chi connectivity index (χ4n) is 4.11. The highest BCUT2D eigenvalue weighted by molar-refractivity contribution is 8.00. The normalized spacial score (nSPS) is 20.0. The molecule has 12 nitrogen and oxygen atoms in total. The summed E-state index contributed by atoms with van der Waals surface area (Å²) in [6.45, 7) is 0.261. The lowest BCUT2D eigenvalue weighted by atomic mass is 10.0. The summed E-state index contributed by atoms with van der Waals surface area (Å²) in [7, 11) is 1.28. The number of aromatic amines is 1. The summed E-state index contributed by atoms with van der Waals surface area (Å²) in [5.74, 6) is -2.34. The van der Waals surface area contributed by atoms with Gasteiger partial charge in [0.25, 0.3) is 17.5 Å². The van der Waals surface area contributed by atoms with Gasteiger partial charge in [-0.25, -0.2) is 14.5 Å². The lowest BCUT2D eigenvalue weighted by Gasteiger charge is -2.50. The number of hydrogen-bond acceptors (Lipinski definition) is 10. The Bertz CT molecular complexity index is 1410. The molecule has 0 unspecified atom stereocenters. The Morgan fingerprint density at radius 1 is 1.46 bits per heavy atom. The molecule has 1 saturated heterocycles. The Labute approximate surface area is 206 Å². The van der Waals surface area contributed by atoms with Gasteiger partial charge in [-0.15, -0.1) is 23.1 Å². The Hall–Kier alpha value is -3.91. The van der Waals surface area contributed by atoms with E-state index in [1.165, 1.54) is 23.8 Å². The van der Waals surface area contributed by atoms with Crippen molar-refractivity contribution in [2.45, 2.75) is 18.0 Å². The molecule has 2 aliphatic heterocycles. The van der Waals surface area contributed by atoms with Crippen molar-refractivity contribution in [1.82, 2.24) is 20.2 Å². The van der Waals surface area contributed by atoms with Gasteiger partial charge in [0.05, 0.1) is 29.4 Å². The van der Waals surface area contributed by atoms with Gasteiger partial charge in [-0.05, 0) is 18.2 Å². The van der Waals surface area contributed by atoms with Gasteiger partial charge in [-0.2, -0.15) is 0 Å².